The quantitative estimate of drug-likeness (QED) is 0.791. The summed E-state index contributed by atoms with van der Waals surface area (Å²) in [7, 11) is 1.89. The van der Waals surface area contributed by atoms with Crippen molar-refractivity contribution < 1.29 is 0 Å². The molecular weight excluding hydrogens is 214 g/mol. The summed E-state index contributed by atoms with van der Waals surface area (Å²) in [6, 6.07) is 0. The molecule has 4 nitrogen and oxygen atoms in total. The van der Waals surface area contributed by atoms with Crippen molar-refractivity contribution in [3.05, 3.63) is 22.7 Å². The number of anilines is 1. The summed E-state index contributed by atoms with van der Waals surface area (Å²) in [5, 5.41) is 0.324. The van der Waals surface area contributed by atoms with Crippen molar-refractivity contribution in [2.45, 2.75) is 18.2 Å². The molecule has 2 rings (SSSR count). The lowest BCUT2D eigenvalue weighted by molar-refractivity contribution is 0.328. The zero-order valence-electron chi connectivity index (χ0n) is 8.61. The maximum absolute atomic E-state index is 11.4. The van der Waals surface area contributed by atoms with Gasteiger partial charge in [0.1, 0.15) is 0 Å². The fraction of sp³-hybridized carbons (Fsp3) is 0.600. The summed E-state index contributed by atoms with van der Waals surface area (Å²) < 4.78 is 0. The van der Waals surface area contributed by atoms with Gasteiger partial charge in [-0.1, -0.05) is 0 Å². The molecule has 0 bridgehead atoms. The molecule has 0 radical (unpaired) electrons. The summed E-state index contributed by atoms with van der Waals surface area (Å²) in [5.74, 6) is 1.08. The number of alkyl halides is 1. The van der Waals surface area contributed by atoms with Crippen molar-refractivity contribution in [2.75, 3.05) is 18.5 Å². The Balaban J connectivity index is 1.99. The average molecular weight is 228 g/mol. The van der Waals surface area contributed by atoms with Crippen LogP contribution in [0.25, 0.3) is 0 Å². The Bertz CT molecular complexity index is 386. The van der Waals surface area contributed by atoms with Crippen molar-refractivity contribution in [1.29, 1.82) is 0 Å². The second-order valence-electron chi connectivity index (χ2n) is 4.06. The molecule has 5 heteroatoms. The third kappa shape index (κ3) is 2.31. The van der Waals surface area contributed by atoms with E-state index >= 15 is 0 Å². The molecule has 82 valence electrons. The number of hydrogen-bond acceptors (Lipinski definition) is 3. The first-order chi connectivity index (χ1) is 7.16. The highest BCUT2D eigenvalue weighted by atomic mass is 35.5. The Morgan fingerprint density at radius 1 is 1.67 bits per heavy atom. The van der Waals surface area contributed by atoms with Gasteiger partial charge in [0.15, 0.2) is 5.82 Å². The molecule has 0 unspecified atom stereocenters. The molecule has 0 aliphatic heterocycles. The van der Waals surface area contributed by atoms with Crippen molar-refractivity contribution in [2.24, 2.45) is 5.92 Å². The number of nitrogens with zero attached hydrogens (tertiary/aromatic N) is 2. The van der Waals surface area contributed by atoms with Gasteiger partial charge < -0.3 is 9.88 Å². The highest BCUT2D eigenvalue weighted by molar-refractivity contribution is 6.21. The molecular formula is C10H14ClN3O. The maximum Gasteiger partial charge on any atom is 0.290 e. The Morgan fingerprint density at radius 3 is 3.00 bits per heavy atom. The average Bonchev–Trinajstić information content (AvgIpc) is 2.16. The fourth-order valence-electron chi connectivity index (χ4n) is 1.89. The number of halogens is 1. The SMILES string of the molecule is CN(CC1CC(Cl)C1)c1ncc[nH]c1=O. The second kappa shape index (κ2) is 4.23. The lowest BCUT2D eigenvalue weighted by Gasteiger charge is -2.34. The summed E-state index contributed by atoms with van der Waals surface area (Å²) in [6.07, 6.45) is 5.21. The van der Waals surface area contributed by atoms with E-state index in [1.54, 1.807) is 6.20 Å². The van der Waals surface area contributed by atoms with E-state index in [-0.39, 0.29) is 5.56 Å². The van der Waals surface area contributed by atoms with Gasteiger partial charge in [-0.2, -0.15) is 0 Å². The first-order valence-electron chi connectivity index (χ1n) is 5.05. The minimum atomic E-state index is -0.137. The highest BCUT2D eigenvalue weighted by Crippen LogP contribution is 2.32. The molecule has 1 aliphatic rings. The Kier molecular flexibility index (Phi) is 2.95. The lowest BCUT2D eigenvalue weighted by atomic mass is 9.84. The van der Waals surface area contributed by atoms with Crippen molar-refractivity contribution in [3.63, 3.8) is 0 Å². The normalized spacial score (nSPS) is 24.7. The maximum atomic E-state index is 11.4. The van der Waals surface area contributed by atoms with Crippen LogP contribution in [0.4, 0.5) is 5.82 Å². The third-order valence-electron chi connectivity index (χ3n) is 2.76. The van der Waals surface area contributed by atoms with E-state index < -0.39 is 0 Å². The molecule has 15 heavy (non-hydrogen) atoms. The second-order valence-corrected chi connectivity index (χ2v) is 4.67. The number of hydrogen-bond donors (Lipinski definition) is 1. The number of nitrogens with one attached hydrogen (secondary N) is 1. The van der Waals surface area contributed by atoms with Gasteiger partial charge in [0.05, 0.1) is 0 Å². The Labute approximate surface area is 93.3 Å². The zero-order chi connectivity index (χ0) is 10.8. The summed E-state index contributed by atoms with van der Waals surface area (Å²) in [5.41, 5.74) is -0.137. The van der Waals surface area contributed by atoms with Crippen LogP contribution < -0.4 is 10.5 Å². The van der Waals surface area contributed by atoms with Crippen molar-refractivity contribution >= 4 is 17.4 Å². The van der Waals surface area contributed by atoms with Gasteiger partial charge in [-0.15, -0.1) is 11.6 Å². The Hall–Kier alpha value is -1.03. The molecule has 0 saturated heterocycles. The van der Waals surface area contributed by atoms with Gasteiger partial charge in [-0.3, -0.25) is 4.79 Å². The largest absolute Gasteiger partial charge is 0.355 e. The number of rotatable bonds is 3. The molecule has 0 aromatic carbocycles. The fourth-order valence-corrected chi connectivity index (χ4v) is 2.40. The van der Waals surface area contributed by atoms with Crippen LogP contribution in [-0.2, 0) is 0 Å². The van der Waals surface area contributed by atoms with Gasteiger partial charge in [0.25, 0.3) is 5.56 Å². The zero-order valence-corrected chi connectivity index (χ0v) is 9.37. The van der Waals surface area contributed by atoms with Crippen LogP contribution in [0.2, 0.25) is 0 Å². The summed E-state index contributed by atoms with van der Waals surface area (Å²) >= 11 is 5.90. The van der Waals surface area contributed by atoms with Crippen molar-refractivity contribution in [1.82, 2.24) is 9.97 Å². The molecule has 0 amide bonds. The first kappa shape index (κ1) is 10.5. The summed E-state index contributed by atoms with van der Waals surface area (Å²) in [4.78, 5) is 20.0. The van der Waals surface area contributed by atoms with E-state index in [2.05, 4.69) is 9.97 Å². The molecule has 1 aromatic rings. The molecule has 0 spiro atoms. The van der Waals surface area contributed by atoms with Crippen LogP contribution in [0.15, 0.2) is 17.2 Å². The number of aromatic amines is 1. The topological polar surface area (TPSA) is 49.0 Å². The number of aromatic nitrogens is 2. The van der Waals surface area contributed by atoms with Crippen LogP contribution >= 0.6 is 11.6 Å². The van der Waals surface area contributed by atoms with E-state index in [0.717, 1.165) is 19.4 Å². The van der Waals surface area contributed by atoms with E-state index in [9.17, 15) is 4.79 Å². The molecule has 1 aliphatic carbocycles. The molecule has 0 atom stereocenters. The molecule has 1 aromatic heterocycles. The van der Waals surface area contributed by atoms with Crippen LogP contribution in [0.1, 0.15) is 12.8 Å². The number of H-pyrrole nitrogens is 1. The van der Waals surface area contributed by atoms with Crippen LogP contribution in [0, 0.1) is 5.92 Å². The monoisotopic (exact) mass is 227 g/mol. The predicted octanol–water partition coefficient (Wildman–Crippen LogP) is 1.22. The highest BCUT2D eigenvalue weighted by Gasteiger charge is 2.28. The Morgan fingerprint density at radius 2 is 2.40 bits per heavy atom. The third-order valence-corrected chi connectivity index (χ3v) is 3.12. The summed E-state index contributed by atoms with van der Waals surface area (Å²) in [6.45, 7) is 0.851. The van der Waals surface area contributed by atoms with E-state index in [1.165, 1.54) is 6.20 Å². The van der Waals surface area contributed by atoms with Crippen molar-refractivity contribution in [3.8, 4) is 0 Å². The molecule has 1 N–H and O–H groups in total. The lowest BCUT2D eigenvalue weighted by Crippen LogP contribution is -2.37. The minimum absolute atomic E-state index is 0.137. The standard InChI is InChI=1S/C10H14ClN3O/c1-14(6-7-4-8(11)5-7)9-10(15)13-3-2-12-9/h2-3,7-8H,4-6H2,1H3,(H,13,15). The molecule has 1 saturated carbocycles. The van der Waals surface area contributed by atoms with E-state index in [0.29, 0.717) is 17.1 Å². The molecule has 1 heterocycles. The van der Waals surface area contributed by atoms with Gasteiger partial charge >= 0.3 is 0 Å². The van der Waals surface area contributed by atoms with Gasteiger partial charge in [0, 0.05) is 31.4 Å². The van der Waals surface area contributed by atoms with E-state index in [4.69, 9.17) is 11.6 Å². The van der Waals surface area contributed by atoms with Gasteiger partial charge in [-0.25, -0.2) is 4.98 Å². The molecule has 1 fully saturated rings. The van der Waals surface area contributed by atoms with Crippen LogP contribution in [0.3, 0.4) is 0 Å². The smallest absolute Gasteiger partial charge is 0.290 e. The van der Waals surface area contributed by atoms with Crippen LogP contribution in [0.5, 0.6) is 0 Å². The minimum Gasteiger partial charge on any atom is -0.355 e. The predicted molar refractivity (Wildman–Crippen MR) is 60.5 cm³/mol. The van der Waals surface area contributed by atoms with Gasteiger partial charge in [0.2, 0.25) is 0 Å². The van der Waals surface area contributed by atoms with E-state index in [1.807, 2.05) is 11.9 Å². The van der Waals surface area contributed by atoms with Crippen LogP contribution in [-0.4, -0.2) is 28.9 Å². The van der Waals surface area contributed by atoms with Gasteiger partial charge in [-0.05, 0) is 18.8 Å². The first-order valence-corrected chi connectivity index (χ1v) is 5.49.